The van der Waals surface area contributed by atoms with Crippen molar-refractivity contribution in [3.63, 3.8) is 0 Å². The van der Waals surface area contributed by atoms with Crippen molar-refractivity contribution in [2.45, 2.75) is 32.2 Å². The Labute approximate surface area is 141 Å². The summed E-state index contributed by atoms with van der Waals surface area (Å²) in [6.45, 7) is 6.60. The Bertz CT molecular complexity index is 640. The molecule has 130 valence electrons. The van der Waals surface area contributed by atoms with E-state index in [1.165, 1.54) is 0 Å². The minimum Gasteiger partial charge on any atom is -0.486 e. The Morgan fingerprint density at radius 2 is 1.83 bits per heavy atom. The highest BCUT2D eigenvalue weighted by atomic mass is 16.6. The quantitative estimate of drug-likeness (QED) is 0.789. The highest BCUT2D eigenvalue weighted by molar-refractivity contribution is 5.98. The molecule has 2 aliphatic rings. The van der Waals surface area contributed by atoms with E-state index in [0.717, 1.165) is 0 Å². The summed E-state index contributed by atoms with van der Waals surface area (Å²) in [5.41, 5.74) is 0.225. The molecule has 1 fully saturated rings. The van der Waals surface area contributed by atoms with E-state index in [2.05, 4.69) is 0 Å². The monoisotopic (exact) mass is 333 g/mol. The van der Waals surface area contributed by atoms with Gasteiger partial charge in [0.05, 0.1) is 18.8 Å². The smallest absolute Gasteiger partial charge is 0.223 e. The first kappa shape index (κ1) is 16.8. The van der Waals surface area contributed by atoms with Crippen molar-refractivity contribution in [2.75, 3.05) is 33.0 Å². The average Bonchev–Trinajstić information content (AvgIpc) is 2.58. The molecule has 0 spiro atoms. The molecule has 24 heavy (non-hydrogen) atoms. The molecule has 1 aromatic carbocycles. The van der Waals surface area contributed by atoms with Gasteiger partial charge >= 0.3 is 0 Å². The number of amides is 1. The molecule has 0 aliphatic carbocycles. The average molecular weight is 333 g/mol. The van der Waals surface area contributed by atoms with Gasteiger partial charge in [0, 0.05) is 24.9 Å². The molecule has 0 atom stereocenters. The van der Waals surface area contributed by atoms with E-state index in [1.807, 2.05) is 18.7 Å². The van der Waals surface area contributed by atoms with Crippen molar-refractivity contribution in [1.82, 2.24) is 4.90 Å². The van der Waals surface area contributed by atoms with E-state index in [4.69, 9.17) is 14.2 Å². The van der Waals surface area contributed by atoms with E-state index in [-0.39, 0.29) is 30.1 Å². The van der Waals surface area contributed by atoms with Crippen LogP contribution in [0.4, 0.5) is 0 Å². The number of morpholine rings is 1. The topological polar surface area (TPSA) is 65.1 Å². The van der Waals surface area contributed by atoms with Crippen LogP contribution in [-0.2, 0) is 9.53 Å². The van der Waals surface area contributed by atoms with Gasteiger partial charge in [0.15, 0.2) is 17.3 Å². The number of nitrogens with zero attached hydrogens (tertiary/aromatic N) is 1. The first-order chi connectivity index (χ1) is 11.5. The zero-order chi connectivity index (χ0) is 17.2. The number of fused-ring (bicyclic) bond motifs is 1. The molecule has 0 saturated carbocycles. The molecule has 3 rings (SSSR count). The van der Waals surface area contributed by atoms with Crippen molar-refractivity contribution >= 4 is 11.7 Å². The fourth-order valence-electron chi connectivity index (χ4n) is 3.04. The van der Waals surface area contributed by atoms with Crippen molar-refractivity contribution in [2.24, 2.45) is 0 Å². The Morgan fingerprint density at radius 1 is 1.08 bits per heavy atom. The van der Waals surface area contributed by atoms with Crippen molar-refractivity contribution in [3.8, 4) is 11.5 Å². The van der Waals surface area contributed by atoms with Crippen molar-refractivity contribution in [1.29, 1.82) is 0 Å². The second-order valence-electron chi connectivity index (χ2n) is 6.69. The fraction of sp³-hybridized carbons (Fsp3) is 0.556. The Morgan fingerprint density at radius 3 is 2.58 bits per heavy atom. The summed E-state index contributed by atoms with van der Waals surface area (Å²) in [6.07, 6.45) is 0.391. The molecule has 0 aromatic heterocycles. The van der Waals surface area contributed by atoms with Gasteiger partial charge in [0.25, 0.3) is 0 Å². The summed E-state index contributed by atoms with van der Waals surface area (Å²) in [4.78, 5) is 26.7. The van der Waals surface area contributed by atoms with Crippen LogP contribution in [0.5, 0.6) is 11.5 Å². The number of hydrogen-bond acceptors (Lipinski definition) is 5. The summed E-state index contributed by atoms with van der Waals surface area (Å²) in [5, 5.41) is 0. The SMILES string of the molecule is CC1(C)COCCN1C(=O)CCC(=O)c1ccc2c(c1)OCCO2. The molecule has 2 heterocycles. The van der Waals surface area contributed by atoms with Gasteiger partial charge in [-0.15, -0.1) is 0 Å². The number of ketones is 1. The molecular weight excluding hydrogens is 310 g/mol. The lowest BCUT2D eigenvalue weighted by atomic mass is 10.0. The van der Waals surface area contributed by atoms with Crippen LogP contribution in [0.15, 0.2) is 18.2 Å². The van der Waals surface area contributed by atoms with Crippen molar-refractivity contribution in [3.05, 3.63) is 23.8 Å². The summed E-state index contributed by atoms with van der Waals surface area (Å²) in [6, 6.07) is 5.16. The van der Waals surface area contributed by atoms with Crippen LogP contribution in [0.25, 0.3) is 0 Å². The largest absolute Gasteiger partial charge is 0.486 e. The summed E-state index contributed by atoms with van der Waals surface area (Å²) in [5.74, 6) is 1.18. The molecule has 0 unspecified atom stereocenters. The van der Waals surface area contributed by atoms with Gasteiger partial charge in [-0.1, -0.05) is 0 Å². The maximum absolute atomic E-state index is 12.5. The molecule has 0 radical (unpaired) electrons. The molecule has 0 N–H and O–H groups in total. The van der Waals surface area contributed by atoms with Crippen LogP contribution < -0.4 is 9.47 Å². The van der Waals surface area contributed by atoms with Gasteiger partial charge < -0.3 is 19.1 Å². The normalized spacial score (nSPS) is 19.0. The molecule has 6 heteroatoms. The number of rotatable bonds is 4. The summed E-state index contributed by atoms with van der Waals surface area (Å²) < 4.78 is 16.4. The predicted molar refractivity (Wildman–Crippen MR) is 87.6 cm³/mol. The van der Waals surface area contributed by atoms with E-state index in [0.29, 0.717) is 50.0 Å². The molecule has 2 aliphatic heterocycles. The number of hydrogen-bond donors (Lipinski definition) is 0. The van der Waals surface area contributed by atoms with E-state index in [1.54, 1.807) is 18.2 Å². The third-order valence-corrected chi connectivity index (χ3v) is 4.38. The second-order valence-corrected chi connectivity index (χ2v) is 6.69. The zero-order valence-corrected chi connectivity index (χ0v) is 14.2. The third-order valence-electron chi connectivity index (χ3n) is 4.38. The Hall–Kier alpha value is -2.08. The van der Waals surface area contributed by atoms with Gasteiger partial charge in [0.2, 0.25) is 5.91 Å². The zero-order valence-electron chi connectivity index (χ0n) is 14.2. The molecular formula is C18H23NO5. The van der Waals surface area contributed by atoms with Gasteiger partial charge in [-0.2, -0.15) is 0 Å². The molecule has 6 nitrogen and oxygen atoms in total. The Kier molecular flexibility index (Phi) is 4.76. The minimum atomic E-state index is -0.324. The maximum atomic E-state index is 12.5. The Balaban J connectivity index is 1.60. The third kappa shape index (κ3) is 3.53. The number of ether oxygens (including phenoxy) is 3. The molecule has 1 amide bonds. The number of benzene rings is 1. The van der Waals surface area contributed by atoms with Crippen LogP contribution >= 0.6 is 0 Å². The van der Waals surface area contributed by atoms with Crippen LogP contribution in [0.3, 0.4) is 0 Å². The fourth-order valence-corrected chi connectivity index (χ4v) is 3.04. The highest BCUT2D eigenvalue weighted by Crippen LogP contribution is 2.31. The van der Waals surface area contributed by atoms with E-state index < -0.39 is 0 Å². The number of carbonyl (C=O) groups excluding carboxylic acids is 2. The lowest BCUT2D eigenvalue weighted by Gasteiger charge is -2.42. The first-order valence-corrected chi connectivity index (χ1v) is 8.28. The van der Waals surface area contributed by atoms with Crippen molar-refractivity contribution < 1.29 is 23.8 Å². The molecule has 1 saturated heterocycles. The lowest BCUT2D eigenvalue weighted by Crippen LogP contribution is -2.55. The van der Waals surface area contributed by atoms with Crippen LogP contribution in [0.2, 0.25) is 0 Å². The van der Waals surface area contributed by atoms with Crippen LogP contribution in [0.1, 0.15) is 37.0 Å². The predicted octanol–water partition coefficient (Wildman–Crippen LogP) is 2.06. The van der Waals surface area contributed by atoms with E-state index in [9.17, 15) is 9.59 Å². The van der Waals surface area contributed by atoms with Crippen LogP contribution in [0, 0.1) is 0 Å². The molecule has 0 bridgehead atoms. The van der Waals surface area contributed by atoms with Gasteiger partial charge in [-0.25, -0.2) is 0 Å². The van der Waals surface area contributed by atoms with Gasteiger partial charge in [-0.05, 0) is 32.0 Å². The molecule has 1 aromatic rings. The first-order valence-electron chi connectivity index (χ1n) is 8.28. The minimum absolute atomic E-state index is 0.00538. The van der Waals surface area contributed by atoms with Gasteiger partial charge in [-0.3, -0.25) is 9.59 Å². The summed E-state index contributed by atoms with van der Waals surface area (Å²) >= 11 is 0. The second kappa shape index (κ2) is 6.81. The van der Waals surface area contributed by atoms with E-state index >= 15 is 0 Å². The van der Waals surface area contributed by atoms with Gasteiger partial charge in [0.1, 0.15) is 13.2 Å². The maximum Gasteiger partial charge on any atom is 0.223 e. The number of Topliss-reactive ketones (excluding diaryl/α,β-unsaturated/α-hetero) is 1. The highest BCUT2D eigenvalue weighted by Gasteiger charge is 2.33. The summed E-state index contributed by atoms with van der Waals surface area (Å²) in [7, 11) is 0. The number of carbonyl (C=O) groups is 2. The lowest BCUT2D eigenvalue weighted by molar-refractivity contribution is -0.146. The standard InChI is InChI=1S/C18H23NO5/c1-18(2)12-22-8-7-19(18)17(21)6-4-14(20)13-3-5-15-16(11-13)24-10-9-23-15/h3,5,11H,4,6-10,12H2,1-2H3. The van der Waals surface area contributed by atoms with Crippen LogP contribution in [-0.4, -0.2) is 55.1 Å².